The zero-order valence-electron chi connectivity index (χ0n) is 16.5. The molecule has 0 unspecified atom stereocenters. The summed E-state index contributed by atoms with van der Waals surface area (Å²) in [5.74, 6) is 0.539. The minimum atomic E-state index is -0.329. The highest BCUT2D eigenvalue weighted by Gasteiger charge is 2.43. The van der Waals surface area contributed by atoms with Gasteiger partial charge in [-0.3, -0.25) is 4.90 Å². The van der Waals surface area contributed by atoms with Crippen LogP contribution in [0.3, 0.4) is 0 Å². The number of benzene rings is 1. The summed E-state index contributed by atoms with van der Waals surface area (Å²) in [6.45, 7) is 8.44. The molecule has 0 bridgehead atoms. The topological polar surface area (TPSA) is 73.1 Å². The Balaban J connectivity index is 2.04. The number of nitrogens with zero attached hydrogens (tertiary/aromatic N) is 5. The first-order chi connectivity index (χ1) is 13.2. The van der Waals surface area contributed by atoms with E-state index in [1.807, 2.05) is 12.1 Å². The van der Waals surface area contributed by atoms with Gasteiger partial charge in [-0.15, -0.1) is 5.10 Å². The number of aromatic nitrogens is 4. The first kappa shape index (κ1) is 19.5. The summed E-state index contributed by atoms with van der Waals surface area (Å²) >= 11 is 0. The van der Waals surface area contributed by atoms with Crippen LogP contribution in [-0.4, -0.2) is 50.8 Å². The number of carbonyl (C=O) groups is 1. The van der Waals surface area contributed by atoms with E-state index in [-0.39, 0.29) is 11.5 Å². The van der Waals surface area contributed by atoms with Crippen LogP contribution in [0.5, 0.6) is 0 Å². The van der Waals surface area contributed by atoms with Crippen LogP contribution in [0.4, 0.5) is 0 Å². The molecule has 1 aromatic carbocycles. The van der Waals surface area contributed by atoms with E-state index < -0.39 is 0 Å². The molecule has 1 aliphatic rings. The standard InChI is InChI=1S/C20H29N5O2/c1-4-24(5-2)20(13-8-7-9-14-20)19-21-22-23-25(19)17-12-10-11-16(15-17)18(26)27-6-3/h10-12,15H,4-9,13-14H2,1-3H3. The Kier molecular flexibility index (Phi) is 6.21. The molecule has 1 aromatic heterocycles. The van der Waals surface area contributed by atoms with E-state index in [4.69, 9.17) is 4.74 Å². The van der Waals surface area contributed by atoms with E-state index >= 15 is 0 Å². The Hall–Kier alpha value is -2.28. The number of carbonyl (C=O) groups excluding carboxylic acids is 1. The fourth-order valence-corrected chi connectivity index (χ4v) is 4.28. The quantitative estimate of drug-likeness (QED) is 0.695. The third-order valence-corrected chi connectivity index (χ3v) is 5.54. The first-order valence-electron chi connectivity index (χ1n) is 9.97. The Morgan fingerprint density at radius 3 is 2.59 bits per heavy atom. The Labute approximate surface area is 160 Å². The van der Waals surface area contributed by atoms with E-state index in [2.05, 4.69) is 34.3 Å². The summed E-state index contributed by atoms with van der Waals surface area (Å²) in [5.41, 5.74) is 1.14. The molecule has 0 saturated heterocycles. The van der Waals surface area contributed by atoms with E-state index in [0.29, 0.717) is 12.2 Å². The van der Waals surface area contributed by atoms with E-state index in [1.54, 1.807) is 23.7 Å². The van der Waals surface area contributed by atoms with Crippen molar-refractivity contribution in [3.63, 3.8) is 0 Å². The van der Waals surface area contributed by atoms with Gasteiger partial charge in [0.15, 0.2) is 5.82 Å². The molecule has 3 rings (SSSR count). The highest BCUT2D eigenvalue weighted by atomic mass is 16.5. The predicted molar refractivity (Wildman–Crippen MR) is 103 cm³/mol. The van der Waals surface area contributed by atoms with Crippen LogP contribution in [0.1, 0.15) is 69.1 Å². The molecule has 0 aliphatic heterocycles. The van der Waals surface area contributed by atoms with Gasteiger partial charge in [0, 0.05) is 0 Å². The molecule has 1 heterocycles. The first-order valence-corrected chi connectivity index (χ1v) is 9.97. The zero-order valence-corrected chi connectivity index (χ0v) is 16.5. The van der Waals surface area contributed by atoms with Gasteiger partial charge in [-0.25, -0.2) is 4.79 Å². The number of hydrogen-bond acceptors (Lipinski definition) is 6. The van der Waals surface area contributed by atoms with Crippen LogP contribution in [-0.2, 0) is 10.3 Å². The summed E-state index contributed by atoms with van der Waals surface area (Å²) in [7, 11) is 0. The Morgan fingerprint density at radius 1 is 1.19 bits per heavy atom. The number of rotatable bonds is 7. The summed E-state index contributed by atoms with van der Waals surface area (Å²) in [5, 5.41) is 12.7. The zero-order chi connectivity index (χ0) is 19.3. The molecule has 7 nitrogen and oxygen atoms in total. The molecule has 0 amide bonds. The average Bonchev–Trinajstić information content (AvgIpc) is 3.20. The molecule has 2 aromatic rings. The van der Waals surface area contributed by atoms with Crippen LogP contribution in [0.15, 0.2) is 24.3 Å². The monoisotopic (exact) mass is 371 g/mol. The summed E-state index contributed by atoms with van der Waals surface area (Å²) in [4.78, 5) is 14.6. The molecule has 0 spiro atoms. The Bertz CT molecular complexity index is 763. The van der Waals surface area contributed by atoms with Gasteiger partial charge in [0.25, 0.3) is 0 Å². The van der Waals surface area contributed by atoms with Crippen molar-refractivity contribution in [3.05, 3.63) is 35.7 Å². The van der Waals surface area contributed by atoms with Crippen molar-refractivity contribution in [2.45, 2.75) is 58.4 Å². The second kappa shape index (κ2) is 8.61. The van der Waals surface area contributed by atoms with Crippen LogP contribution in [0, 0.1) is 0 Å². The smallest absolute Gasteiger partial charge is 0.338 e. The largest absolute Gasteiger partial charge is 0.462 e. The fourth-order valence-electron chi connectivity index (χ4n) is 4.28. The van der Waals surface area contributed by atoms with Gasteiger partial charge in [0.1, 0.15) is 0 Å². The van der Waals surface area contributed by atoms with Crippen molar-refractivity contribution in [2.24, 2.45) is 0 Å². The normalized spacial score (nSPS) is 16.4. The minimum Gasteiger partial charge on any atom is -0.462 e. The van der Waals surface area contributed by atoms with Crippen molar-refractivity contribution in [1.82, 2.24) is 25.1 Å². The van der Waals surface area contributed by atoms with E-state index in [9.17, 15) is 4.79 Å². The third kappa shape index (κ3) is 3.74. The van der Waals surface area contributed by atoms with Gasteiger partial charge in [0.2, 0.25) is 0 Å². The molecule has 1 aliphatic carbocycles. The average molecular weight is 371 g/mol. The van der Waals surface area contributed by atoms with Crippen molar-refractivity contribution < 1.29 is 9.53 Å². The lowest BCUT2D eigenvalue weighted by molar-refractivity contribution is 0.0463. The Morgan fingerprint density at radius 2 is 1.93 bits per heavy atom. The summed E-state index contributed by atoms with van der Waals surface area (Å²) < 4.78 is 6.93. The maximum Gasteiger partial charge on any atom is 0.338 e. The number of hydrogen-bond donors (Lipinski definition) is 0. The third-order valence-electron chi connectivity index (χ3n) is 5.54. The lowest BCUT2D eigenvalue weighted by Gasteiger charge is -2.44. The van der Waals surface area contributed by atoms with E-state index in [0.717, 1.165) is 37.4 Å². The molecule has 0 radical (unpaired) electrons. The second-order valence-electron chi connectivity index (χ2n) is 6.95. The number of ether oxygens (including phenoxy) is 1. The van der Waals surface area contributed by atoms with Gasteiger partial charge in [-0.1, -0.05) is 39.2 Å². The molecule has 1 saturated carbocycles. The van der Waals surface area contributed by atoms with Gasteiger partial charge in [0.05, 0.1) is 23.4 Å². The second-order valence-corrected chi connectivity index (χ2v) is 6.95. The molecular weight excluding hydrogens is 342 g/mol. The lowest BCUT2D eigenvalue weighted by Crippen LogP contribution is -2.49. The molecule has 7 heteroatoms. The predicted octanol–water partition coefficient (Wildman–Crippen LogP) is 3.34. The summed E-state index contributed by atoms with van der Waals surface area (Å²) in [6.07, 6.45) is 5.70. The molecule has 0 atom stereocenters. The number of esters is 1. The van der Waals surface area contributed by atoms with Crippen molar-refractivity contribution >= 4 is 5.97 Å². The highest BCUT2D eigenvalue weighted by Crippen LogP contribution is 2.41. The van der Waals surface area contributed by atoms with E-state index in [1.165, 1.54) is 19.3 Å². The number of tetrazole rings is 1. The highest BCUT2D eigenvalue weighted by molar-refractivity contribution is 5.90. The summed E-state index contributed by atoms with van der Waals surface area (Å²) in [6, 6.07) is 7.34. The van der Waals surface area contributed by atoms with Crippen molar-refractivity contribution in [1.29, 1.82) is 0 Å². The van der Waals surface area contributed by atoms with Gasteiger partial charge < -0.3 is 4.74 Å². The van der Waals surface area contributed by atoms with Crippen LogP contribution >= 0.6 is 0 Å². The molecular formula is C20H29N5O2. The molecule has 146 valence electrons. The molecule has 1 fully saturated rings. The maximum absolute atomic E-state index is 12.1. The molecule has 0 N–H and O–H groups in total. The minimum absolute atomic E-state index is 0.162. The van der Waals surface area contributed by atoms with Gasteiger partial charge in [-0.2, -0.15) is 4.68 Å². The SMILES string of the molecule is CCOC(=O)c1cccc(-n2nnnc2C2(N(CC)CC)CCCCC2)c1. The van der Waals surface area contributed by atoms with Crippen LogP contribution < -0.4 is 0 Å². The van der Waals surface area contributed by atoms with Crippen LogP contribution in [0.25, 0.3) is 5.69 Å². The van der Waals surface area contributed by atoms with Crippen LogP contribution in [0.2, 0.25) is 0 Å². The maximum atomic E-state index is 12.1. The van der Waals surface area contributed by atoms with Crippen molar-refractivity contribution in [2.75, 3.05) is 19.7 Å². The fraction of sp³-hybridized carbons (Fsp3) is 0.600. The molecule has 27 heavy (non-hydrogen) atoms. The van der Waals surface area contributed by atoms with Crippen molar-refractivity contribution in [3.8, 4) is 5.69 Å². The van der Waals surface area contributed by atoms with Gasteiger partial charge >= 0.3 is 5.97 Å². The van der Waals surface area contributed by atoms with Gasteiger partial charge in [-0.05, 0) is 61.5 Å². The lowest BCUT2D eigenvalue weighted by atomic mass is 9.79.